The van der Waals surface area contributed by atoms with Crippen molar-refractivity contribution in [3.05, 3.63) is 51.5 Å². The lowest BCUT2D eigenvalue weighted by atomic mass is 10.1. The third kappa shape index (κ3) is 3.94. The first kappa shape index (κ1) is 17.7. The number of ether oxygens (including phenoxy) is 1. The summed E-state index contributed by atoms with van der Waals surface area (Å²) in [6, 6.07) is 9.32. The van der Waals surface area contributed by atoms with Crippen molar-refractivity contribution in [2.75, 3.05) is 6.61 Å². The largest absolute Gasteiger partial charge is 0.466 e. The van der Waals surface area contributed by atoms with E-state index in [1.807, 2.05) is 18.2 Å². The number of nitrogens with zero attached hydrogens (tertiary/aromatic N) is 1. The second-order valence-electron chi connectivity index (χ2n) is 5.63. The van der Waals surface area contributed by atoms with Crippen LogP contribution in [0.3, 0.4) is 0 Å². The number of hydrogen-bond acceptors (Lipinski definition) is 5. The maximum Gasteiger partial charge on any atom is 0.312 e. The van der Waals surface area contributed by atoms with E-state index in [1.54, 1.807) is 30.4 Å². The highest BCUT2D eigenvalue weighted by Crippen LogP contribution is 2.35. The smallest absolute Gasteiger partial charge is 0.312 e. The second kappa shape index (κ2) is 7.42. The summed E-state index contributed by atoms with van der Waals surface area (Å²) in [7, 11) is 0. The Labute approximate surface area is 155 Å². The zero-order chi connectivity index (χ0) is 18.0. The number of aromatic nitrogens is 1. The van der Waals surface area contributed by atoms with Crippen LogP contribution in [0.15, 0.2) is 34.7 Å². The number of rotatable bonds is 5. The van der Waals surface area contributed by atoms with Gasteiger partial charge in [-0.2, -0.15) is 0 Å². The molecule has 0 saturated heterocycles. The number of carbonyl (C=O) groups is 1. The van der Waals surface area contributed by atoms with Crippen molar-refractivity contribution in [2.45, 2.75) is 27.2 Å². The van der Waals surface area contributed by atoms with Gasteiger partial charge in [0.2, 0.25) is 5.89 Å². The molecule has 0 saturated carbocycles. The van der Waals surface area contributed by atoms with E-state index in [0.29, 0.717) is 29.0 Å². The van der Waals surface area contributed by atoms with Crippen LogP contribution in [0.1, 0.15) is 23.1 Å². The molecule has 0 radical (unpaired) electrons. The molecular formula is C19H18ClNO3S. The van der Waals surface area contributed by atoms with Gasteiger partial charge in [0, 0.05) is 15.5 Å². The number of aryl methyl sites for hydroxylation is 2. The number of halogens is 1. The van der Waals surface area contributed by atoms with Crippen molar-refractivity contribution in [1.29, 1.82) is 0 Å². The Bertz CT molecular complexity index is 877. The second-order valence-corrected chi connectivity index (χ2v) is 7.33. The fourth-order valence-corrected chi connectivity index (χ4v) is 3.52. The number of carbonyl (C=O) groups excluding carboxylic acids is 1. The van der Waals surface area contributed by atoms with Crippen LogP contribution in [0.2, 0.25) is 5.02 Å². The van der Waals surface area contributed by atoms with E-state index in [4.69, 9.17) is 20.8 Å². The molecule has 4 nitrogen and oxygen atoms in total. The summed E-state index contributed by atoms with van der Waals surface area (Å²) in [5.74, 6) is 0.768. The molecule has 1 aromatic carbocycles. The number of benzene rings is 1. The third-order valence-corrected chi connectivity index (χ3v) is 5.19. The van der Waals surface area contributed by atoms with Crippen LogP contribution < -0.4 is 0 Å². The van der Waals surface area contributed by atoms with Crippen molar-refractivity contribution < 1.29 is 13.9 Å². The quantitative estimate of drug-likeness (QED) is 0.556. The maximum atomic E-state index is 11.9. The Morgan fingerprint density at radius 3 is 2.60 bits per heavy atom. The lowest BCUT2D eigenvalue weighted by Crippen LogP contribution is -2.08. The molecule has 130 valence electrons. The fraction of sp³-hybridized carbons (Fsp3) is 0.263. The van der Waals surface area contributed by atoms with Gasteiger partial charge in [-0.1, -0.05) is 11.6 Å². The Morgan fingerprint density at radius 2 is 2.00 bits per heavy atom. The summed E-state index contributed by atoms with van der Waals surface area (Å²) in [6.45, 7) is 6.23. The first-order valence-corrected chi connectivity index (χ1v) is 9.16. The summed E-state index contributed by atoms with van der Waals surface area (Å²) in [6.07, 6.45) is 0.0681. The molecule has 0 aliphatic rings. The first-order valence-electron chi connectivity index (χ1n) is 7.96. The van der Waals surface area contributed by atoms with Gasteiger partial charge in [-0.15, -0.1) is 11.3 Å². The predicted octanol–water partition coefficient (Wildman–Crippen LogP) is 5.45. The minimum Gasteiger partial charge on any atom is -0.466 e. The van der Waals surface area contributed by atoms with Crippen LogP contribution in [0.5, 0.6) is 0 Å². The van der Waals surface area contributed by atoms with Crippen LogP contribution in [-0.2, 0) is 16.0 Å². The fourth-order valence-electron chi connectivity index (χ4n) is 2.43. The first-order chi connectivity index (χ1) is 12.0. The lowest BCUT2D eigenvalue weighted by Gasteiger charge is -2.02. The molecule has 3 rings (SSSR count). The minimum atomic E-state index is -0.323. The monoisotopic (exact) mass is 375 g/mol. The third-order valence-electron chi connectivity index (χ3n) is 3.80. The average Bonchev–Trinajstić information content (AvgIpc) is 3.12. The minimum absolute atomic E-state index is 0.0681. The highest BCUT2D eigenvalue weighted by atomic mass is 35.5. The van der Waals surface area contributed by atoms with Gasteiger partial charge in [-0.3, -0.25) is 4.79 Å². The molecule has 0 amide bonds. The van der Waals surface area contributed by atoms with E-state index >= 15 is 0 Å². The summed E-state index contributed by atoms with van der Waals surface area (Å²) < 4.78 is 11.1. The van der Waals surface area contributed by atoms with Crippen LogP contribution in [0.4, 0.5) is 0 Å². The maximum absolute atomic E-state index is 11.9. The van der Waals surface area contributed by atoms with Crippen LogP contribution in [-0.4, -0.2) is 17.6 Å². The molecule has 0 aliphatic carbocycles. The van der Waals surface area contributed by atoms with Crippen molar-refractivity contribution in [3.63, 3.8) is 0 Å². The summed E-state index contributed by atoms with van der Waals surface area (Å²) in [5, 5.41) is 0.639. The van der Waals surface area contributed by atoms with Gasteiger partial charge < -0.3 is 9.15 Å². The lowest BCUT2D eigenvalue weighted by molar-refractivity contribution is -0.142. The van der Waals surface area contributed by atoms with E-state index in [1.165, 1.54) is 10.4 Å². The number of thiophene rings is 1. The van der Waals surface area contributed by atoms with Crippen molar-refractivity contribution in [3.8, 4) is 22.1 Å². The zero-order valence-corrected chi connectivity index (χ0v) is 15.8. The van der Waals surface area contributed by atoms with Gasteiger partial charge in [0.15, 0.2) is 5.76 Å². The molecule has 3 aromatic rings. The Balaban J connectivity index is 2.04. The molecule has 0 unspecified atom stereocenters. The van der Waals surface area contributed by atoms with Gasteiger partial charge in [-0.25, -0.2) is 4.98 Å². The molecule has 6 heteroatoms. The van der Waals surface area contributed by atoms with E-state index in [9.17, 15) is 4.79 Å². The summed E-state index contributed by atoms with van der Waals surface area (Å²) in [4.78, 5) is 18.7. The molecule has 2 heterocycles. The highest BCUT2D eigenvalue weighted by Gasteiger charge is 2.20. The van der Waals surface area contributed by atoms with E-state index in [0.717, 1.165) is 10.4 Å². The Morgan fingerprint density at radius 1 is 1.28 bits per heavy atom. The molecule has 2 aromatic heterocycles. The van der Waals surface area contributed by atoms with E-state index in [-0.39, 0.29) is 12.4 Å². The molecule has 0 aliphatic heterocycles. The van der Waals surface area contributed by atoms with Crippen LogP contribution >= 0.6 is 22.9 Å². The topological polar surface area (TPSA) is 52.3 Å². The van der Waals surface area contributed by atoms with E-state index in [2.05, 4.69) is 18.8 Å². The number of oxazole rings is 1. The van der Waals surface area contributed by atoms with Crippen molar-refractivity contribution >= 4 is 28.9 Å². The summed E-state index contributed by atoms with van der Waals surface area (Å²) >= 11 is 7.59. The van der Waals surface area contributed by atoms with Crippen LogP contribution in [0, 0.1) is 13.8 Å². The van der Waals surface area contributed by atoms with Crippen molar-refractivity contribution in [2.24, 2.45) is 0 Å². The van der Waals surface area contributed by atoms with Gasteiger partial charge in [0.1, 0.15) is 0 Å². The van der Waals surface area contributed by atoms with Gasteiger partial charge in [0.25, 0.3) is 0 Å². The molecule has 0 bridgehead atoms. The molecule has 0 atom stereocenters. The highest BCUT2D eigenvalue weighted by molar-refractivity contribution is 7.15. The molecule has 0 N–H and O–H groups in total. The number of esters is 1. The van der Waals surface area contributed by atoms with Crippen molar-refractivity contribution in [1.82, 2.24) is 4.98 Å². The normalized spacial score (nSPS) is 10.9. The molecule has 0 fully saturated rings. The molecular weight excluding hydrogens is 358 g/mol. The van der Waals surface area contributed by atoms with Gasteiger partial charge in [0.05, 0.1) is 23.6 Å². The average molecular weight is 376 g/mol. The van der Waals surface area contributed by atoms with E-state index < -0.39 is 0 Å². The SMILES string of the molecule is CCOC(=O)Cc1nc(-c2cc(C)c(C)s2)oc1-c1ccc(Cl)cc1. The standard InChI is InChI=1S/C19H18ClNO3S/c1-4-23-17(22)10-15-18(13-5-7-14(20)8-6-13)24-19(21-15)16-9-11(2)12(3)25-16/h5-9H,4,10H2,1-3H3. The summed E-state index contributed by atoms with van der Waals surface area (Å²) in [5.41, 5.74) is 2.59. The predicted molar refractivity (Wildman–Crippen MR) is 100 cm³/mol. The Hall–Kier alpha value is -2.11. The van der Waals surface area contributed by atoms with Gasteiger partial charge in [-0.05, 0) is 56.7 Å². The van der Waals surface area contributed by atoms with Crippen LogP contribution in [0.25, 0.3) is 22.1 Å². The Kier molecular flexibility index (Phi) is 5.25. The molecule has 25 heavy (non-hydrogen) atoms. The zero-order valence-electron chi connectivity index (χ0n) is 14.3. The number of hydrogen-bond donors (Lipinski definition) is 0. The van der Waals surface area contributed by atoms with Gasteiger partial charge >= 0.3 is 5.97 Å². The molecule has 0 spiro atoms.